The molecule has 0 saturated carbocycles. The zero-order chi connectivity index (χ0) is 18.6. The number of aromatic nitrogens is 3. The number of benzene rings is 1. The van der Waals surface area contributed by atoms with E-state index in [1.165, 1.54) is 5.56 Å². The number of hydrogen-bond acceptors (Lipinski definition) is 4. The molecule has 0 bridgehead atoms. The molecule has 0 amide bonds. The highest BCUT2D eigenvalue weighted by Gasteiger charge is 2.17. The molecule has 3 aromatic heterocycles. The molecule has 4 rings (SSSR count). The maximum Gasteiger partial charge on any atom is 0.137 e. The third-order valence-electron chi connectivity index (χ3n) is 4.72. The summed E-state index contributed by atoms with van der Waals surface area (Å²) in [4.78, 5) is 11.8. The van der Waals surface area contributed by atoms with Crippen molar-refractivity contribution in [3.63, 3.8) is 0 Å². The standard InChI is InChI=1S/C22H23N5/c1-2-26(14-17-8-4-3-5-9-17)16-20-22(19-10-6-7-13-24-19)25-21-12-11-18(23)15-27(20)21/h3-13,15H,2,14,16,23H2,1H3. The second kappa shape index (κ2) is 7.60. The number of fused-ring (bicyclic) bond motifs is 1. The van der Waals surface area contributed by atoms with Gasteiger partial charge in [0.25, 0.3) is 0 Å². The van der Waals surface area contributed by atoms with Crippen molar-refractivity contribution in [2.24, 2.45) is 0 Å². The average molecular weight is 357 g/mol. The molecule has 4 aromatic rings. The van der Waals surface area contributed by atoms with Gasteiger partial charge in [-0.25, -0.2) is 4.98 Å². The number of pyridine rings is 2. The fourth-order valence-corrected chi connectivity index (χ4v) is 3.30. The first kappa shape index (κ1) is 17.2. The lowest BCUT2D eigenvalue weighted by Gasteiger charge is -2.21. The molecule has 0 atom stereocenters. The highest BCUT2D eigenvalue weighted by Crippen LogP contribution is 2.25. The molecular formula is C22H23N5. The first-order chi connectivity index (χ1) is 13.2. The highest BCUT2D eigenvalue weighted by atomic mass is 15.1. The van der Waals surface area contributed by atoms with E-state index in [4.69, 9.17) is 10.7 Å². The van der Waals surface area contributed by atoms with Crippen LogP contribution in [0.5, 0.6) is 0 Å². The lowest BCUT2D eigenvalue weighted by molar-refractivity contribution is 0.268. The second-order valence-electron chi connectivity index (χ2n) is 6.60. The predicted molar refractivity (Wildman–Crippen MR) is 109 cm³/mol. The van der Waals surface area contributed by atoms with Crippen LogP contribution < -0.4 is 5.73 Å². The van der Waals surface area contributed by atoms with Crippen molar-refractivity contribution in [2.75, 3.05) is 12.3 Å². The van der Waals surface area contributed by atoms with Gasteiger partial charge in [-0.2, -0.15) is 0 Å². The van der Waals surface area contributed by atoms with Crippen molar-refractivity contribution in [1.29, 1.82) is 0 Å². The maximum absolute atomic E-state index is 6.05. The fourth-order valence-electron chi connectivity index (χ4n) is 3.30. The van der Waals surface area contributed by atoms with E-state index in [-0.39, 0.29) is 0 Å². The van der Waals surface area contributed by atoms with Gasteiger partial charge in [-0.15, -0.1) is 0 Å². The molecule has 27 heavy (non-hydrogen) atoms. The van der Waals surface area contributed by atoms with Crippen molar-refractivity contribution in [3.05, 3.63) is 84.3 Å². The van der Waals surface area contributed by atoms with Crippen molar-refractivity contribution < 1.29 is 0 Å². The van der Waals surface area contributed by atoms with Crippen molar-refractivity contribution >= 4 is 11.3 Å². The summed E-state index contributed by atoms with van der Waals surface area (Å²) >= 11 is 0. The van der Waals surface area contributed by atoms with Crippen LogP contribution >= 0.6 is 0 Å². The minimum absolute atomic E-state index is 0.722. The van der Waals surface area contributed by atoms with E-state index in [1.54, 1.807) is 6.20 Å². The van der Waals surface area contributed by atoms with E-state index in [9.17, 15) is 0 Å². The number of anilines is 1. The quantitative estimate of drug-likeness (QED) is 0.567. The van der Waals surface area contributed by atoms with Crippen LogP contribution in [0.15, 0.2) is 73.1 Å². The highest BCUT2D eigenvalue weighted by molar-refractivity contribution is 5.64. The summed E-state index contributed by atoms with van der Waals surface area (Å²) in [7, 11) is 0. The van der Waals surface area contributed by atoms with E-state index >= 15 is 0 Å². The Hall–Kier alpha value is -3.18. The maximum atomic E-state index is 6.05. The number of nitrogens with two attached hydrogens (primary N) is 1. The second-order valence-corrected chi connectivity index (χ2v) is 6.60. The minimum atomic E-state index is 0.722. The molecule has 5 heteroatoms. The predicted octanol–water partition coefficient (Wildman–Crippen LogP) is 4.00. The van der Waals surface area contributed by atoms with Gasteiger partial charge >= 0.3 is 0 Å². The lowest BCUT2D eigenvalue weighted by Crippen LogP contribution is -2.23. The van der Waals surface area contributed by atoms with Crippen molar-refractivity contribution in [2.45, 2.75) is 20.0 Å². The summed E-state index contributed by atoms with van der Waals surface area (Å²) in [5.74, 6) is 0. The average Bonchev–Trinajstić information content (AvgIpc) is 3.06. The Kier molecular flexibility index (Phi) is 4.85. The number of imidazole rings is 1. The summed E-state index contributed by atoms with van der Waals surface area (Å²) in [6, 6.07) is 20.3. The van der Waals surface area contributed by atoms with Gasteiger partial charge in [-0.1, -0.05) is 43.3 Å². The smallest absolute Gasteiger partial charge is 0.137 e. The lowest BCUT2D eigenvalue weighted by atomic mass is 10.2. The number of nitrogen functional groups attached to an aromatic ring is 1. The molecule has 0 saturated heterocycles. The first-order valence-corrected chi connectivity index (χ1v) is 9.18. The van der Waals surface area contributed by atoms with Gasteiger partial charge in [0.1, 0.15) is 11.3 Å². The molecule has 0 fully saturated rings. The Labute approximate surface area is 159 Å². The van der Waals surface area contributed by atoms with E-state index in [0.717, 1.165) is 48.1 Å². The third kappa shape index (κ3) is 3.68. The molecule has 0 aliphatic heterocycles. The Morgan fingerprint density at radius 1 is 0.963 bits per heavy atom. The Morgan fingerprint density at radius 2 is 1.78 bits per heavy atom. The molecule has 0 aliphatic carbocycles. The van der Waals surface area contributed by atoms with Gasteiger partial charge in [-0.05, 0) is 36.4 Å². The SMILES string of the molecule is CCN(Cc1ccccc1)Cc1c(-c2ccccn2)nc2ccc(N)cn12. The molecule has 0 spiro atoms. The molecule has 2 N–H and O–H groups in total. The monoisotopic (exact) mass is 357 g/mol. The molecular weight excluding hydrogens is 334 g/mol. The van der Waals surface area contributed by atoms with Crippen LogP contribution in [0.4, 0.5) is 5.69 Å². The summed E-state index contributed by atoms with van der Waals surface area (Å²) in [6.07, 6.45) is 3.75. The minimum Gasteiger partial charge on any atom is -0.398 e. The number of rotatable bonds is 6. The molecule has 5 nitrogen and oxygen atoms in total. The van der Waals surface area contributed by atoms with Crippen LogP contribution in [0.25, 0.3) is 17.0 Å². The van der Waals surface area contributed by atoms with Gasteiger partial charge in [0.2, 0.25) is 0 Å². The summed E-state index contributed by atoms with van der Waals surface area (Å²) in [5, 5.41) is 0. The fraction of sp³-hybridized carbons (Fsp3) is 0.182. The van der Waals surface area contributed by atoms with Crippen LogP contribution in [0.2, 0.25) is 0 Å². The van der Waals surface area contributed by atoms with Crippen LogP contribution in [0, 0.1) is 0 Å². The summed E-state index contributed by atoms with van der Waals surface area (Å²) < 4.78 is 2.09. The van der Waals surface area contributed by atoms with Crippen LogP contribution in [0.1, 0.15) is 18.2 Å². The number of nitrogens with zero attached hydrogens (tertiary/aromatic N) is 4. The topological polar surface area (TPSA) is 59.5 Å². The number of hydrogen-bond donors (Lipinski definition) is 1. The molecule has 3 heterocycles. The van der Waals surface area contributed by atoms with Crippen LogP contribution in [-0.4, -0.2) is 25.8 Å². The Morgan fingerprint density at radius 3 is 2.52 bits per heavy atom. The molecule has 1 aromatic carbocycles. The molecule has 0 aliphatic rings. The van der Waals surface area contributed by atoms with Gasteiger partial charge in [0.15, 0.2) is 0 Å². The first-order valence-electron chi connectivity index (χ1n) is 9.18. The largest absolute Gasteiger partial charge is 0.398 e. The zero-order valence-electron chi connectivity index (χ0n) is 15.4. The zero-order valence-corrected chi connectivity index (χ0v) is 15.4. The van der Waals surface area contributed by atoms with Gasteiger partial charge in [0, 0.05) is 31.2 Å². The summed E-state index contributed by atoms with van der Waals surface area (Å²) in [6.45, 7) is 4.77. The van der Waals surface area contributed by atoms with Crippen LogP contribution in [0.3, 0.4) is 0 Å². The Bertz CT molecular complexity index is 1020. The van der Waals surface area contributed by atoms with Crippen molar-refractivity contribution in [3.8, 4) is 11.4 Å². The molecule has 136 valence electrons. The molecule has 0 unspecified atom stereocenters. The van der Waals surface area contributed by atoms with Gasteiger partial charge in [0.05, 0.1) is 11.4 Å². The van der Waals surface area contributed by atoms with Gasteiger partial charge < -0.3 is 5.73 Å². The van der Waals surface area contributed by atoms with Gasteiger partial charge in [-0.3, -0.25) is 14.3 Å². The molecule has 0 radical (unpaired) electrons. The van der Waals surface area contributed by atoms with E-state index in [2.05, 4.69) is 45.5 Å². The normalized spacial score (nSPS) is 11.3. The van der Waals surface area contributed by atoms with E-state index in [1.807, 2.05) is 42.6 Å². The van der Waals surface area contributed by atoms with Crippen molar-refractivity contribution in [1.82, 2.24) is 19.3 Å². The Balaban J connectivity index is 1.75. The third-order valence-corrected chi connectivity index (χ3v) is 4.72. The van der Waals surface area contributed by atoms with E-state index < -0.39 is 0 Å². The van der Waals surface area contributed by atoms with E-state index in [0.29, 0.717) is 0 Å². The summed E-state index contributed by atoms with van der Waals surface area (Å²) in [5.41, 5.74) is 11.9. The van der Waals surface area contributed by atoms with Crippen LogP contribution in [-0.2, 0) is 13.1 Å².